The van der Waals surface area contributed by atoms with Crippen LogP contribution in [0.15, 0.2) is 41.5 Å². The second-order valence-electron chi connectivity index (χ2n) is 4.23. The van der Waals surface area contributed by atoms with Gasteiger partial charge in [-0.1, -0.05) is 71.2 Å². The van der Waals surface area contributed by atoms with Crippen LogP contribution in [0.4, 0.5) is 0 Å². The van der Waals surface area contributed by atoms with Crippen LogP contribution in [-0.2, 0) is 11.2 Å². The molecular weight excluding hydrogens is 244 g/mol. The Morgan fingerprint density at radius 3 is 1.50 bits per heavy atom. The van der Waals surface area contributed by atoms with E-state index >= 15 is 0 Å². The molecule has 0 fully saturated rings. The first-order valence-electron chi connectivity index (χ1n) is 5.71. The quantitative estimate of drug-likeness (QED) is 0.556. The molecule has 0 aliphatic carbocycles. The number of hydrogen-bond donors (Lipinski definition) is 0. The fourth-order valence-corrected chi connectivity index (χ4v) is 0.865. The van der Waals surface area contributed by atoms with E-state index in [-0.39, 0.29) is 29.7 Å². The fourth-order valence-electron chi connectivity index (χ4n) is 0.865. The third-order valence-electron chi connectivity index (χ3n) is 2.44. The van der Waals surface area contributed by atoms with Gasteiger partial charge in [-0.05, 0) is 39.7 Å². The molecule has 1 aromatic carbocycles. The lowest BCUT2D eigenvalue weighted by Crippen LogP contribution is -1.92. The zero-order valence-electron chi connectivity index (χ0n) is 11.2. The van der Waals surface area contributed by atoms with Gasteiger partial charge in [0.1, 0.15) is 0 Å². The Balaban J connectivity index is -0.0000000679. The Bertz CT molecular complexity index is 281. The van der Waals surface area contributed by atoms with Crippen molar-refractivity contribution in [3.8, 4) is 0 Å². The van der Waals surface area contributed by atoms with Crippen molar-refractivity contribution in [2.45, 2.75) is 63.8 Å². The summed E-state index contributed by atoms with van der Waals surface area (Å²) >= 11 is 0. The Morgan fingerprint density at radius 1 is 0.800 bits per heavy atom. The van der Waals surface area contributed by atoms with Crippen molar-refractivity contribution in [3.63, 3.8) is 0 Å². The summed E-state index contributed by atoms with van der Waals surface area (Å²) in [6, 6.07) is 10.3. The number of rotatable bonds is 3. The van der Waals surface area contributed by atoms with Crippen LogP contribution in [0, 0.1) is 0 Å². The van der Waals surface area contributed by atoms with E-state index in [9.17, 15) is 0 Å². The molecule has 122 valence electrons. The molecule has 0 spiro atoms. The molecule has 1 rings (SSSR count). The summed E-state index contributed by atoms with van der Waals surface area (Å²) in [7, 11) is 1.73. The molecule has 1 heteroatoms. The summed E-state index contributed by atoms with van der Waals surface area (Å²) in [5.74, 6) is 0. The van der Waals surface area contributed by atoms with Crippen molar-refractivity contribution >= 4 is 0 Å². The Morgan fingerprint density at radius 2 is 1.20 bits per heavy atom. The first-order chi connectivity index (χ1) is 7.57. The predicted molar refractivity (Wildman–Crippen MR) is 98.7 cm³/mol. The minimum atomic E-state index is 0. The molecule has 0 saturated carbocycles. The molecule has 0 aliphatic heterocycles. The van der Waals surface area contributed by atoms with Gasteiger partial charge in [-0.15, -0.1) is 0 Å². The maximum atomic E-state index is 4.95. The first-order valence-corrected chi connectivity index (χ1v) is 5.71. The molecule has 0 aromatic heterocycles. The van der Waals surface area contributed by atoms with Gasteiger partial charge < -0.3 is 4.74 Å². The molecule has 1 nitrogen and oxygen atoms in total. The van der Waals surface area contributed by atoms with E-state index in [2.05, 4.69) is 39.8 Å². The van der Waals surface area contributed by atoms with Crippen LogP contribution in [0.1, 0.15) is 63.0 Å². The van der Waals surface area contributed by atoms with Gasteiger partial charge in [-0.2, -0.15) is 0 Å². The van der Waals surface area contributed by atoms with Gasteiger partial charge in [0.05, 0.1) is 6.61 Å². The van der Waals surface area contributed by atoms with Crippen LogP contribution in [0.5, 0.6) is 0 Å². The molecule has 0 amide bonds. The number of ether oxygens (including phenoxy) is 1. The molecular formula is C19H40O. The third kappa shape index (κ3) is 19.3. The van der Waals surface area contributed by atoms with E-state index in [1.165, 1.54) is 16.7 Å². The van der Waals surface area contributed by atoms with Gasteiger partial charge in [0.15, 0.2) is 0 Å². The molecule has 1 aromatic rings. The van der Waals surface area contributed by atoms with E-state index in [0.717, 1.165) is 13.0 Å². The number of hydrogen-bond acceptors (Lipinski definition) is 1. The molecule has 0 N–H and O–H groups in total. The highest BCUT2D eigenvalue weighted by Crippen LogP contribution is 1.98. The van der Waals surface area contributed by atoms with E-state index in [4.69, 9.17) is 4.74 Å². The van der Waals surface area contributed by atoms with E-state index in [1.54, 1.807) is 7.11 Å². The SMILES string of the molecule is C.C.C.C.CC(C)=C(C)C.COCCc1ccccc1. The summed E-state index contributed by atoms with van der Waals surface area (Å²) in [6.45, 7) is 9.29. The van der Waals surface area contributed by atoms with Crippen molar-refractivity contribution in [1.29, 1.82) is 0 Å². The third-order valence-corrected chi connectivity index (χ3v) is 2.44. The summed E-state index contributed by atoms with van der Waals surface area (Å²) in [6.07, 6.45) is 1.01. The topological polar surface area (TPSA) is 9.23 Å². The Labute approximate surface area is 130 Å². The average Bonchev–Trinajstić information content (AvgIpc) is 2.28. The minimum Gasteiger partial charge on any atom is -0.384 e. The van der Waals surface area contributed by atoms with Crippen molar-refractivity contribution in [1.82, 2.24) is 0 Å². The van der Waals surface area contributed by atoms with E-state index < -0.39 is 0 Å². The van der Waals surface area contributed by atoms with Crippen LogP contribution >= 0.6 is 0 Å². The van der Waals surface area contributed by atoms with Crippen LogP contribution in [0.3, 0.4) is 0 Å². The second kappa shape index (κ2) is 20.2. The average molecular weight is 285 g/mol. The largest absolute Gasteiger partial charge is 0.384 e. The van der Waals surface area contributed by atoms with Crippen LogP contribution < -0.4 is 0 Å². The lowest BCUT2D eigenvalue weighted by Gasteiger charge is -1.97. The van der Waals surface area contributed by atoms with Crippen LogP contribution in [0.25, 0.3) is 0 Å². The van der Waals surface area contributed by atoms with Crippen LogP contribution in [0.2, 0.25) is 0 Å². The van der Waals surface area contributed by atoms with Gasteiger partial charge >= 0.3 is 0 Å². The number of methoxy groups -OCH3 is 1. The molecule has 0 saturated heterocycles. The molecule has 0 radical (unpaired) electrons. The van der Waals surface area contributed by atoms with Gasteiger partial charge in [0.2, 0.25) is 0 Å². The fraction of sp³-hybridized carbons (Fsp3) is 0.579. The Hall–Kier alpha value is -1.08. The van der Waals surface area contributed by atoms with Gasteiger partial charge in [0.25, 0.3) is 0 Å². The molecule has 0 atom stereocenters. The van der Waals surface area contributed by atoms with Crippen molar-refractivity contribution in [3.05, 3.63) is 47.0 Å². The number of benzene rings is 1. The van der Waals surface area contributed by atoms with Crippen molar-refractivity contribution < 1.29 is 4.74 Å². The minimum absolute atomic E-state index is 0. The van der Waals surface area contributed by atoms with Crippen LogP contribution in [-0.4, -0.2) is 13.7 Å². The summed E-state index contributed by atoms with van der Waals surface area (Å²) in [5, 5.41) is 0. The lowest BCUT2D eigenvalue weighted by atomic mass is 10.2. The maximum absolute atomic E-state index is 4.95. The zero-order chi connectivity index (χ0) is 12.4. The molecule has 0 aliphatic rings. The van der Waals surface area contributed by atoms with E-state index in [0.29, 0.717) is 0 Å². The molecule has 20 heavy (non-hydrogen) atoms. The highest BCUT2D eigenvalue weighted by atomic mass is 16.5. The summed E-state index contributed by atoms with van der Waals surface area (Å²) < 4.78 is 4.95. The lowest BCUT2D eigenvalue weighted by molar-refractivity contribution is 0.202. The Kier molecular flexibility index (Phi) is 31.7. The molecule has 0 unspecified atom stereocenters. The first kappa shape index (κ1) is 31.4. The molecule has 0 bridgehead atoms. The highest BCUT2D eigenvalue weighted by Gasteiger charge is 1.87. The standard InChI is InChI=1S/C9H12O.C6H12.4CH4/c1-10-8-7-9-5-3-2-4-6-9;1-5(2)6(3)4;;;;/h2-6H,7-8H2,1H3;1-4H3;4*1H4. The zero-order valence-corrected chi connectivity index (χ0v) is 11.2. The van der Waals surface area contributed by atoms with Gasteiger partial charge in [-0.25, -0.2) is 0 Å². The second-order valence-corrected chi connectivity index (χ2v) is 4.23. The normalized spacial score (nSPS) is 7.25. The summed E-state index contributed by atoms with van der Waals surface area (Å²) in [5.41, 5.74) is 4.19. The highest BCUT2D eigenvalue weighted by molar-refractivity contribution is 5.14. The summed E-state index contributed by atoms with van der Waals surface area (Å²) in [4.78, 5) is 0. The molecule has 0 heterocycles. The van der Waals surface area contributed by atoms with E-state index in [1.807, 2.05) is 18.2 Å². The van der Waals surface area contributed by atoms with Crippen molar-refractivity contribution in [2.75, 3.05) is 13.7 Å². The predicted octanol–water partition coefficient (Wildman–Crippen LogP) is 6.78. The smallest absolute Gasteiger partial charge is 0.0502 e. The van der Waals surface area contributed by atoms with Crippen molar-refractivity contribution in [2.24, 2.45) is 0 Å². The van der Waals surface area contributed by atoms with Gasteiger partial charge in [0, 0.05) is 7.11 Å². The number of allylic oxidation sites excluding steroid dienone is 2. The maximum Gasteiger partial charge on any atom is 0.0502 e. The van der Waals surface area contributed by atoms with Gasteiger partial charge in [-0.3, -0.25) is 0 Å². The monoisotopic (exact) mass is 284 g/mol.